The van der Waals surface area contributed by atoms with Crippen molar-refractivity contribution in [1.29, 1.82) is 0 Å². The maximum absolute atomic E-state index is 10.6. The summed E-state index contributed by atoms with van der Waals surface area (Å²) >= 11 is 0. The van der Waals surface area contributed by atoms with E-state index in [-0.39, 0.29) is 0 Å². The maximum Gasteiger partial charge on any atom is 0.229 e. The third-order valence-electron chi connectivity index (χ3n) is 5.09. The van der Waals surface area contributed by atoms with E-state index in [1.807, 2.05) is 23.9 Å². The van der Waals surface area contributed by atoms with Gasteiger partial charge in [-0.05, 0) is 25.0 Å². The fourth-order valence-corrected chi connectivity index (χ4v) is 3.44. The van der Waals surface area contributed by atoms with E-state index in [1.54, 1.807) is 10.9 Å². The number of aliphatic hydroxyl groups excluding tert-OH is 1. The molecule has 0 spiro atoms. The molecule has 26 heavy (non-hydrogen) atoms. The van der Waals surface area contributed by atoms with Crippen molar-refractivity contribution in [3.05, 3.63) is 47.1 Å². The van der Waals surface area contributed by atoms with Crippen LogP contribution in [0.3, 0.4) is 0 Å². The fourth-order valence-electron chi connectivity index (χ4n) is 3.44. The summed E-state index contributed by atoms with van der Waals surface area (Å²) < 4.78 is 8.98. The standard InChI is InChI=1S/C17H21N7O2/c1-22-14(4-5-18-22)16(25)13-8-12-9-23(6-7-24(12)20-13)10-15-19-17(26-21-15)11-2-3-11/h4-5,8,11,16,25H,2-3,6-7,9-10H2,1H3. The normalized spacial score (nSPS) is 18.8. The lowest BCUT2D eigenvalue weighted by atomic mass is 10.1. The smallest absolute Gasteiger partial charge is 0.229 e. The summed E-state index contributed by atoms with van der Waals surface area (Å²) in [6, 6.07) is 3.78. The van der Waals surface area contributed by atoms with Crippen molar-refractivity contribution >= 4 is 0 Å². The van der Waals surface area contributed by atoms with E-state index in [2.05, 4.69) is 25.2 Å². The lowest BCUT2D eigenvalue weighted by Crippen LogP contribution is -2.33. The van der Waals surface area contributed by atoms with Crippen LogP contribution in [-0.4, -0.2) is 46.3 Å². The first-order chi connectivity index (χ1) is 12.7. The summed E-state index contributed by atoms with van der Waals surface area (Å²) in [5.41, 5.74) is 2.47. The molecule has 5 rings (SSSR count). The van der Waals surface area contributed by atoms with E-state index in [1.165, 1.54) is 0 Å². The molecule has 0 bridgehead atoms. The first-order valence-electron chi connectivity index (χ1n) is 8.95. The van der Waals surface area contributed by atoms with Crippen LogP contribution in [0.1, 0.15) is 53.7 Å². The molecule has 9 heteroatoms. The Morgan fingerprint density at radius 2 is 2.23 bits per heavy atom. The summed E-state index contributed by atoms with van der Waals surface area (Å²) in [6.07, 6.45) is 3.22. The quantitative estimate of drug-likeness (QED) is 0.728. The second-order valence-corrected chi connectivity index (χ2v) is 7.10. The number of aromatic nitrogens is 6. The van der Waals surface area contributed by atoms with Crippen molar-refractivity contribution in [2.45, 2.75) is 44.5 Å². The van der Waals surface area contributed by atoms with Crippen molar-refractivity contribution in [3.63, 3.8) is 0 Å². The Morgan fingerprint density at radius 1 is 1.35 bits per heavy atom. The van der Waals surface area contributed by atoms with E-state index in [0.29, 0.717) is 18.2 Å². The Bertz CT molecular complexity index is 923. The monoisotopic (exact) mass is 355 g/mol. The Kier molecular flexibility index (Phi) is 3.64. The van der Waals surface area contributed by atoms with Gasteiger partial charge in [0.1, 0.15) is 6.10 Å². The Balaban J connectivity index is 1.29. The molecule has 9 nitrogen and oxygen atoms in total. The summed E-state index contributed by atoms with van der Waals surface area (Å²) in [4.78, 5) is 6.78. The highest BCUT2D eigenvalue weighted by atomic mass is 16.5. The second kappa shape index (κ2) is 6.03. The van der Waals surface area contributed by atoms with Crippen LogP contribution >= 0.6 is 0 Å². The van der Waals surface area contributed by atoms with E-state index in [4.69, 9.17) is 4.52 Å². The average molecular weight is 355 g/mol. The topological polar surface area (TPSA) is 98.0 Å². The number of nitrogens with zero attached hydrogens (tertiary/aromatic N) is 7. The molecular formula is C17H21N7O2. The summed E-state index contributed by atoms with van der Waals surface area (Å²) in [5, 5.41) is 23.4. The van der Waals surface area contributed by atoms with Gasteiger partial charge in [0.25, 0.3) is 0 Å². The molecule has 1 N–H and O–H groups in total. The zero-order chi connectivity index (χ0) is 17.7. The number of rotatable bonds is 5. The number of aryl methyl sites for hydroxylation is 1. The zero-order valence-electron chi connectivity index (χ0n) is 14.6. The van der Waals surface area contributed by atoms with Gasteiger partial charge in [0, 0.05) is 32.3 Å². The van der Waals surface area contributed by atoms with E-state index >= 15 is 0 Å². The number of hydrogen-bond acceptors (Lipinski definition) is 7. The lowest BCUT2D eigenvalue weighted by molar-refractivity contribution is 0.192. The molecule has 4 heterocycles. The number of hydrogen-bond donors (Lipinski definition) is 1. The van der Waals surface area contributed by atoms with Crippen LogP contribution in [0.2, 0.25) is 0 Å². The minimum Gasteiger partial charge on any atom is -0.380 e. The van der Waals surface area contributed by atoms with Crippen molar-refractivity contribution in [2.75, 3.05) is 6.54 Å². The molecule has 0 aromatic carbocycles. The summed E-state index contributed by atoms with van der Waals surface area (Å²) in [6.45, 7) is 3.06. The van der Waals surface area contributed by atoms with Gasteiger partial charge in [-0.15, -0.1) is 0 Å². The first kappa shape index (κ1) is 15.7. The van der Waals surface area contributed by atoms with Gasteiger partial charge < -0.3 is 9.63 Å². The van der Waals surface area contributed by atoms with Crippen molar-refractivity contribution in [1.82, 2.24) is 34.6 Å². The van der Waals surface area contributed by atoms with Gasteiger partial charge in [-0.1, -0.05) is 5.16 Å². The predicted molar refractivity (Wildman–Crippen MR) is 89.9 cm³/mol. The molecule has 1 saturated carbocycles. The number of aliphatic hydroxyl groups is 1. The second-order valence-electron chi connectivity index (χ2n) is 7.10. The van der Waals surface area contributed by atoms with Crippen LogP contribution in [0.5, 0.6) is 0 Å². The molecule has 1 unspecified atom stereocenters. The molecule has 2 aliphatic rings. The maximum atomic E-state index is 10.6. The van der Waals surface area contributed by atoms with Gasteiger partial charge in [0.15, 0.2) is 5.82 Å². The highest BCUT2D eigenvalue weighted by molar-refractivity contribution is 5.22. The highest BCUT2D eigenvalue weighted by Gasteiger charge is 2.30. The average Bonchev–Trinajstić information content (AvgIpc) is 3.04. The largest absolute Gasteiger partial charge is 0.380 e. The molecule has 0 radical (unpaired) electrons. The highest BCUT2D eigenvalue weighted by Crippen LogP contribution is 2.38. The first-order valence-corrected chi connectivity index (χ1v) is 8.95. The van der Waals surface area contributed by atoms with E-state index in [9.17, 15) is 5.11 Å². The van der Waals surface area contributed by atoms with Crippen LogP contribution in [0, 0.1) is 0 Å². The Hall–Kier alpha value is -2.52. The minimum absolute atomic E-state index is 0.482. The molecule has 0 amide bonds. The third-order valence-corrected chi connectivity index (χ3v) is 5.09. The lowest BCUT2D eigenvalue weighted by Gasteiger charge is -2.26. The van der Waals surface area contributed by atoms with E-state index in [0.717, 1.165) is 55.6 Å². The molecule has 1 atom stereocenters. The molecule has 3 aromatic heterocycles. The molecule has 1 aliphatic carbocycles. The third kappa shape index (κ3) is 2.82. The predicted octanol–water partition coefficient (Wildman–Crippen LogP) is 0.974. The van der Waals surface area contributed by atoms with Gasteiger partial charge in [-0.3, -0.25) is 14.3 Å². The van der Waals surface area contributed by atoms with Crippen LogP contribution in [0.4, 0.5) is 0 Å². The van der Waals surface area contributed by atoms with Crippen molar-refractivity contribution < 1.29 is 9.63 Å². The fraction of sp³-hybridized carbons (Fsp3) is 0.529. The van der Waals surface area contributed by atoms with Gasteiger partial charge in [0.05, 0.1) is 30.2 Å². The molecule has 136 valence electrons. The van der Waals surface area contributed by atoms with Crippen molar-refractivity contribution in [2.24, 2.45) is 7.05 Å². The van der Waals surface area contributed by atoms with Gasteiger partial charge in [0.2, 0.25) is 5.89 Å². The van der Waals surface area contributed by atoms with Crippen LogP contribution in [0.25, 0.3) is 0 Å². The SMILES string of the molecule is Cn1nccc1C(O)c1cc2n(n1)CCN(Cc1noc(C3CC3)n1)C2. The zero-order valence-corrected chi connectivity index (χ0v) is 14.6. The number of fused-ring (bicyclic) bond motifs is 1. The summed E-state index contributed by atoms with van der Waals surface area (Å²) in [5.74, 6) is 2.01. The molecule has 0 saturated heterocycles. The van der Waals surface area contributed by atoms with Crippen LogP contribution in [-0.2, 0) is 26.7 Å². The minimum atomic E-state index is -0.771. The molecule has 3 aromatic rings. The molecule has 1 aliphatic heterocycles. The Labute approximate surface area is 150 Å². The van der Waals surface area contributed by atoms with Gasteiger partial charge in [-0.25, -0.2) is 0 Å². The summed E-state index contributed by atoms with van der Waals surface area (Å²) in [7, 11) is 1.82. The molecular weight excluding hydrogens is 334 g/mol. The molecule has 1 fully saturated rings. The van der Waals surface area contributed by atoms with Gasteiger partial charge in [-0.2, -0.15) is 15.2 Å². The Morgan fingerprint density at radius 3 is 3.00 bits per heavy atom. The van der Waals surface area contributed by atoms with Gasteiger partial charge >= 0.3 is 0 Å². The van der Waals surface area contributed by atoms with Crippen LogP contribution in [0.15, 0.2) is 22.9 Å². The van der Waals surface area contributed by atoms with Crippen LogP contribution < -0.4 is 0 Å². The van der Waals surface area contributed by atoms with Crippen molar-refractivity contribution in [3.8, 4) is 0 Å². The van der Waals surface area contributed by atoms with E-state index < -0.39 is 6.10 Å².